The highest BCUT2D eigenvalue weighted by Gasteiger charge is 2.64. The Kier molecular flexibility index (Phi) is 5.77. The molecule has 188 valence electrons. The summed E-state index contributed by atoms with van der Waals surface area (Å²) < 4.78 is 108. The minimum absolute atomic E-state index is 0.0160. The van der Waals surface area contributed by atoms with Gasteiger partial charge in [-0.2, -0.15) is 40.2 Å². The molecule has 35 heavy (non-hydrogen) atoms. The van der Waals surface area contributed by atoms with Gasteiger partial charge in [0, 0.05) is 24.8 Å². The van der Waals surface area contributed by atoms with Gasteiger partial charge >= 0.3 is 18.3 Å². The zero-order valence-electron chi connectivity index (χ0n) is 17.2. The number of aryl methyl sites for hydroxylation is 1. The first-order chi connectivity index (χ1) is 16.1. The van der Waals surface area contributed by atoms with Crippen molar-refractivity contribution in [1.82, 2.24) is 35.1 Å². The number of carbonyl (C=O) groups excluding carboxylic acids is 1. The fourth-order valence-corrected chi connectivity index (χ4v) is 3.32. The van der Waals surface area contributed by atoms with Crippen molar-refractivity contribution in [2.24, 2.45) is 7.05 Å². The highest BCUT2D eigenvalue weighted by molar-refractivity contribution is 6.32. The highest BCUT2D eigenvalue weighted by atomic mass is 35.5. The van der Waals surface area contributed by atoms with Crippen LogP contribution in [0.25, 0.3) is 17.1 Å². The van der Waals surface area contributed by atoms with Crippen molar-refractivity contribution in [3.8, 4) is 17.1 Å². The molecule has 3 heterocycles. The van der Waals surface area contributed by atoms with Gasteiger partial charge in [0.2, 0.25) is 0 Å². The average molecular weight is 530 g/mol. The second-order valence-corrected chi connectivity index (χ2v) is 7.96. The quantitative estimate of drug-likeness (QED) is 0.394. The molecule has 8 nitrogen and oxygen atoms in total. The number of carbonyl (C=O) groups is 1. The van der Waals surface area contributed by atoms with E-state index < -0.39 is 41.3 Å². The van der Waals surface area contributed by atoms with Crippen LogP contribution >= 0.6 is 11.6 Å². The van der Waals surface area contributed by atoms with E-state index in [0.717, 1.165) is 32.3 Å². The van der Waals surface area contributed by atoms with Gasteiger partial charge in [-0.05, 0) is 18.9 Å². The molecular weight excluding hydrogens is 518 g/mol. The topological polar surface area (TPSA) is 90.5 Å². The molecular formula is C18H12ClF8N7O. The van der Waals surface area contributed by atoms with Crippen LogP contribution in [-0.2, 0) is 19.1 Å². The van der Waals surface area contributed by atoms with E-state index in [-0.39, 0.29) is 32.7 Å². The summed E-state index contributed by atoms with van der Waals surface area (Å²) in [6.07, 6.45) is -8.47. The summed E-state index contributed by atoms with van der Waals surface area (Å²) in [6.45, 7) is 0. The van der Waals surface area contributed by atoms with E-state index in [0.29, 0.717) is 4.68 Å². The van der Waals surface area contributed by atoms with Crippen LogP contribution in [0.5, 0.6) is 0 Å². The molecule has 0 saturated heterocycles. The van der Waals surface area contributed by atoms with Crippen LogP contribution < -0.4 is 5.32 Å². The lowest BCUT2D eigenvalue weighted by atomic mass is 10.1. The SMILES string of the molecule is Cn1nc(C(F)(F)C(F)(F)F)c(C(F)(F)F)c1-n1cc(-c2cnc(Cl)c(C(=O)NC3CC3)c2)nn1. The molecule has 0 spiro atoms. The van der Waals surface area contributed by atoms with Gasteiger partial charge in [0.05, 0.1) is 11.8 Å². The van der Waals surface area contributed by atoms with Crippen molar-refractivity contribution >= 4 is 17.5 Å². The zero-order valence-corrected chi connectivity index (χ0v) is 18.0. The van der Waals surface area contributed by atoms with E-state index in [1.807, 2.05) is 0 Å². The van der Waals surface area contributed by atoms with Crippen molar-refractivity contribution in [2.45, 2.75) is 37.2 Å². The van der Waals surface area contributed by atoms with E-state index in [2.05, 4.69) is 25.7 Å². The van der Waals surface area contributed by atoms with Gasteiger partial charge in [-0.3, -0.25) is 4.79 Å². The molecule has 1 saturated carbocycles. The maximum Gasteiger partial charge on any atom is 0.459 e. The maximum absolute atomic E-state index is 13.9. The Hall–Kier alpha value is -3.30. The number of halogens is 9. The summed E-state index contributed by atoms with van der Waals surface area (Å²) in [5, 5.41) is 12.4. The van der Waals surface area contributed by atoms with E-state index in [1.165, 1.54) is 6.07 Å². The molecule has 1 amide bonds. The van der Waals surface area contributed by atoms with Crippen molar-refractivity contribution < 1.29 is 39.9 Å². The molecule has 0 unspecified atom stereocenters. The number of amides is 1. The van der Waals surface area contributed by atoms with Gasteiger partial charge in [-0.25, -0.2) is 14.3 Å². The van der Waals surface area contributed by atoms with Crippen LogP contribution in [0.1, 0.15) is 34.5 Å². The summed E-state index contributed by atoms with van der Waals surface area (Å²) in [7, 11) is 0.742. The van der Waals surface area contributed by atoms with Gasteiger partial charge in [-0.1, -0.05) is 16.8 Å². The molecule has 0 atom stereocenters. The van der Waals surface area contributed by atoms with Crippen LogP contribution in [0, 0.1) is 0 Å². The third-order valence-corrected chi connectivity index (χ3v) is 5.26. The van der Waals surface area contributed by atoms with Crippen molar-refractivity contribution in [1.29, 1.82) is 0 Å². The summed E-state index contributed by atoms with van der Waals surface area (Å²) in [6, 6.07) is 1.22. The molecule has 17 heteroatoms. The third kappa shape index (κ3) is 4.53. The lowest BCUT2D eigenvalue weighted by Gasteiger charge is -2.19. The van der Waals surface area contributed by atoms with Crippen molar-refractivity contribution in [3.63, 3.8) is 0 Å². The van der Waals surface area contributed by atoms with Crippen LogP contribution in [0.3, 0.4) is 0 Å². The number of aromatic nitrogens is 6. The fraction of sp³-hybridized carbons (Fsp3) is 0.389. The Balaban J connectivity index is 1.79. The predicted octanol–water partition coefficient (Wildman–Crippen LogP) is 4.28. The Morgan fingerprint density at radius 3 is 2.37 bits per heavy atom. The molecule has 0 bridgehead atoms. The summed E-state index contributed by atoms with van der Waals surface area (Å²) >= 11 is 5.94. The number of hydrogen-bond donors (Lipinski definition) is 1. The molecule has 0 radical (unpaired) electrons. The van der Waals surface area contributed by atoms with E-state index in [1.54, 1.807) is 0 Å². The van der Waals surface area contributed by atoms with Gasteiger partial charge in [0.15, 0.2) is 11.5 Å². The Morgan fingerprint density at radius 1 is 1.14 bits per heavy atom. The molecule has 3 aromatic rings. The fourth-order valence-electron chi connectivity index (χ4n) is 3.13. The van der Waals surface area contributed by atoms with Crippen LogP contribution in [0.2, 0.25) is 5.15 Å². The number of hydrogen-bond acceptors (Lipinski definition) is 5. The number of alkyl halides is 8. The molecule has 3 aromatic heterocycles. The van der Waals surface area contributed by atoms with Crippen LogP contribution in [-0.4, -0.2) is 47.9 Å². The molecule has 1 N–H and O–H groups in total. The third-order valence-electron chi connectivity index (χ3n) is 4.96. The number of nitrogens with zero attached hydrogens (tertiary/aromatic N) is 6. The number of nitrogens with one attached hydrogen (secondary N) is 1. The first-order valence-corrected chi connectivity index (χ1v) is 9.97. The molecule has 0 aliphatic heterocycles. The largest absolute Gasteiger partial charge is 0.459 e. The summed E-state index contributed by atoms with van der Waals surface area (Å²) in [5.41, 5.74) is -5.03. The average Bonchev–Trinajstić information content (AvgIpc) is 3.27. The van der Waals surface area contributed by atoms with Crippen molar-refractivity contribution in [3.05, 3.63) is 40.4 Å². The first-order valence-electron chi connectivity index (χ1n) is 9.60. The first kappa shape index (κ1) is 24.8. The van der Waals surface area contributed by atoms with E-state index >= 15 is 0 Å². The minimum Gasteiger partial charge on any atom is -0.349 e. The molecule has 4 rings (SSSR count). The zero-order chi connectivity index (χ0) is 25.9. The predicted molar refractivity (Wildman–Crippen MR) is 102 cm³/mol. The van der Waals surface area contributed by atoms with E-state index in [9.17, 15) is 39.9 Å². The second-order valence-electron chi connectivity index (χ2n) is 7.60. The van der Waals surface area contributed by atoms with Gasteiger partial charge < -0.3 is 5.32 Å². The van der Waals surface area contributed by atoms with Crippen LogP contribution in [0.4, 0.5) is 35.1 Å². The standard InChI is InChI=1S/C18H12ClF8N7O/c1-33-15(11(17(22,23)24)12(31-33)16(20,21)18(25,26)27)34-6-10(30-32-34)7-4-9(13(19)28-5-7)14(35)29-8-2-3-8/h4-6,8H,2-3H2,1H3,(H,29,35). The second kappa shape index (κ2) is 8.13. The maximum atomic E-state index is 13.9. The summed E-state index contributed by atoms with van der Waals surface area (Å²) in [4.78, 5) is 16.2. The normalized spacial score (nSPS) is 14.9. The van der Waals surface area contributed by atoms with Crippen LogP contribution in [0.15, 0.2) is 18.5 Å². The Morgan fingerprint density at radius 2 is 1.80 bits per heavy atom. The smallest absolute Gasteiger partial charge is 0.349 e. The monoisotopic (exact) mass is 529 g/mol. The van der Waals surface area contributed by atoms with Gasteiger partial charge in [0.1, 0.15) is 16.4 Å². The molecule has 1 aliphatic rings. The molecule has 0 aromatic carbocycles. The molecule has 1 fully saturated rings. The Bertz CT molecular complexity index is 1290. The summed E-state index contributed by atoms with van der Waals surface area (Å²) in [5.74, 6) is -7.69. The number of pyridine rings is 1. The lowest BCUT2D eigenvalue weighted by molar-refractivity contribution is -0.292. The lowest BCUT2D eigenvalue weighted by Crippen LogP contribution is -2.36. The van der Waals surface area contributed by atoms with Gasteiger partial charge in [-0.15, -0.1) is 5.10 Å². The number of rotatable bonds is 5. The highest BCUT2D eigenvalue weighted by Crippen LogP contribution is 2.49. The van der Waals surface area contributed by atoms with E-state index in [4.69, 9.17) is 11.6 Å². The van der Waals surface area contributed by atoms with Crippen molar-refractivity contribution in [2.75, 3.05) is 0 Å². The Labute approximate surface area is 194 Å². The van der Waals surface area contributed by atoms with Gasteiger partial charge in [0.25, 0.3) is 5.91 Å². The minimum atomic E-state index is -6.33. The molecule has 1 aliphatic carbocycles.